The van der Waals surface area contributed by atoms with Crippen molar-refractivity contribution < 1.29 is 9.53 Å². The molecule has 1 aromatic rings. The highest BCUT2D eigenvalue weighted by molar-refractivity contribution is 5.87. The molecule has 19 heavy (non-hydrogen) atoms. The minimum Gasteiger partial charge on any atom is -0.451 e. The van der Waals surface area contributed by atoms with E-state index in [1.165, 1.54) is 11.1 Å². The van der Waals surface area contributed by atoms with E-state index in [-0.39, 0.29) is 5.97 Å². The van der Waals surface area contributed by atoms with Gasteiger partial charge in [0.25, 0.3) is 0 Å². The Kier molecular flexibility index (Phi) is 3.89. The van der Waals surface area contributed by atoms with E-state index < -0.39 is 5.60 Å². The third kappa shape index (κ3) is 2.95. The third-order valence-corrected chi connectivity index (χ3v) is 3.54. The van der Waals surface area contributed by atoms with Gasteiger partial charge in [-0.3, -0.25) is 0 Å². The number of benzene rings is 1. The normalized spacial score (nSPS) is 22.0. The van der Waals surface area contributed by atoms with E-state index in [2.05, 4.69) is 24.8 Å². The topological polar surface area (TPSA) is 26.3 Å². The predicted octanol–water partition coefficient (Wildman–Crippen LogP) is 3.61. The highest BCUT2D eigenvalue weighted by Gasteiger charge is 2.35. The maximum absolute atomic E-state index is 11.8. The summed E-state index contributed by atoms with van der Waals surface area (Å²) in [6.07, 6.45) is 6.47. The van der Waals surface area contributed by atoms with Crippen molar-refractivity contribution in [1.82, 2.24) is 0 Å². The predicted molar refractivity (Wildman–Crippen MR) is 76.9 cm³/mol. The van der Waals surface area contributed by atoms with Gasteiger partial charge in [-0.1, -0.05) is 36.9 Å². The number of carbonyl (C=O) groups is 1. The zero-order valence-corrected chi connectivity index (χ0v) is 11.6. The highest BCUT2D eigenvalue weighted by Crippen LogP contribution is 2.33. The Morgan fingerprint density at radius 1 is 1.37 bits per heavy atom. The molecule has 1 aliphatic carbocycles. The third-order valence-electron chi connectivity index (χ3n) is 3.54. The van der Waals surface area contributed by atoms with Gasteiger partial charge in [-0.25, -0.2) is 4.79 Å². The van der Waals surface area contributed by atoms with Gasteiger partial charge >= 0.3 is 5.97 Å². The van der Waals surface area contributed by atoms with Crippen molar-refractivity contribution in [2.75, 3.05) is 0 Å². The van der Waals surface area contributed by atoms with Gasteiger partial charge in [-0.15, -0.1) is 0 Å². The van der Waals surface area contributed by atoms with Gasteiger partial charge in [0.05, 0.1) is 0 Å². The Morgan fingerprint density at radius 2 is 2.05 bits per heavy atom. The molecule has 100 valence electrons. The Hall–Kier alpha value is -1.83. The average molecular weight is 256 g/mol. The first-order valence-corrected chi connectivity index (χ1v) is 6.66. The Morgan fingerprint density at radius 3 is 2.68 bits per heavy atom. The minimum absolute atomic E-state index is 0.308. The molecule has 0 radical (unpaired) electrons. The Balaban J connectivity index is 2.28. The summed E-state index contributed by atoms with van der Waals surface area (Å²) in [6, 6.07) is 8.35. The van der Waals surface area contributed by atoms with Crippen LogP contribution in [-0.2, 0) is 22.4 Å². The molecule has 1 atom stereocenters. The maximum Gasteiger partial charge on any atom is 0.333 e. The van der Waals surface area contributed by atoms with Gasteiger partial charge in [0.2, 0.25) is 0 Å². The summed E-state index contributed by atoms with van der Waals surface area (Å²) < 4.78 is 5.71. The van der Waals surface area contributed by atoms with Crippen molar-refractivity contribution in [2.24, 2.45) is 0 Å². The summed E-state index contributed by atoms with van der Waals surface area (Å²) in [5.74, 6) is -0.308. The number of hydrogen-bond donors (Lipinski definition) is 0. The molecule has 0 aliphatic heterocycles. The van der Waals surface area contributed by atoms with E-state index in [4.69, 9.17) is 4.74 Å². The van der Waals surface area contributed by atoms with Crippen LogP contribution >= 0.6 is 0 Å². The second kappa shape index (κ2) is 5.43. The van der Waals surface area contributed by atoms with E-state index in [0.717, 1.165) is 19.3 Å². The second-order valence-electron chi connectivity index (χ2n) is 5.18. The number of aryl methyl sites for hydroxylation is 1. The first kappa shape index (κ1) is 13.6. The smallest absolute Gasteiger partial charge is 0.333 e. The monoisotopic (exact) mass is 256 g/mol. The fourth-order valence-electron chi connectivity index (χ4n) is 2.57. The number of hydrogen-bond acceptors (Lipinski definition) is 2. The standard InChI is InChI=1S/C17H20O2/c1-4-10-17(19-16(18)13(2)3)11-9-14-7-5-6-8-15(14)12-17/h4-8,10H,2,9,11-12H2,1,3H3. The van der Waals surface area contributed by atoms with Crippen LogP contribution < -0.4 is 0 Å². The zero-order chi connectivity index (χ0) is 13.9. The van der Waals surface area contributed by atoms with E-state index in [0.29, 0.717) is 5.57 Å². The van der Waals surface area contributed by atoms with E-state index in [1.54, 1.807) is 6.92 Å². The fraction of sp³-hybridized carbons (Fsp3) is 0.353. The van der Waals surface area contributed by atoms with Crippen LogP contribution in [0.5, 0.6) is 0 Å². The molecule has 1 unspecified atom stereocenters. The van der Waals surface area contributed by atoms with Crippen LogP contribution in [0, 0.1) is 0 Å². The molecule has 2 rings (SSSR count). The van der Waals surface area contributed by atoms with Gasteiger partial charge in [0.15, 0.2) is 0 Å². The highest BCUT2D eigenvalue weighted by atomic mass is 16.6. The van der Waals surface area contributed by atoms with Crippen LogP contribution in [0.25, 0.3) is 0 Å². The SMILES string of the molecule is C=C(C)C(=O)OC1(C=CC)CCc2ccccc2C1. The van der Waals surface area contributed by atoms with Crippen molar-refractivity contribution in [2.45, 2.75) is 38.7 Å². The number of ether oxygens (including phenoxy) is 1. The lowest BCUT2D eigenvalue weighted by atomic mass is 9.80. The largest absolute Gasteiger partial charge is 0.451 e. The van der Waals surface area contributed by atoms with Crippen LogP contribution in [0.1, 0.15) is 31.4 Å². The molecule has 0 amide bonds. The summed E-state index contributed by atoms with van der Waals surface area (Å²) in [7, 11) is 0. The molecular weight excluding hydrogens is 236 g/mol. The number of esters is 1. The van der Waals surface area contributed by atoms with Crippen molar-refractivity contribution in [3.8, 4) is 0 Å². The summed E-state index contributed by atoms with van der Waals surface area (Å²) >= 11 is 0. The van der Waals surface area contributed by atoms with E-state index in [1.807, 2.05) is 25.1 Å². The number of carbonyl (C=O) groups excluding carboxylic acids is 1. The van der Waals surface area contributed by atoms with Gasteiger partial charge in [-0.2, -0.15) is 0 Å². The quantitative estimate of drug-likeness (QED) is 0.469. The fourth-order valence-corrected chi connectivity index (χ4v) is 2.57. The summed E-state index contributed by atoms with van der Waals surface area (Å²) in [6.45, 7) is 7.30. The molecule has 0 spiro atoms. The van der Waals surface area contributed by atoms with Crippen molar-refractivity contribution in [1.29, 1.82) is 0 Å². The number of fused-ring (bicyclic) bond motifs is 1. The van der Waals surface area contributed by atoms with Crippen LogP contribution in [0.2, 0.25) is 0 Å². The van der Waals surface area contributed by atoms with Crippen molar-refractivity contribution in [3.63, 3.8) is 0 Å². The Bertz CT molecular complexity index is 528. The first-order valence-electron chi connectivity index (χ1n) is 6.66. The van der Waals surface area contributed by atoms with Crippen LogP contribution in [0.15, 0.2) is 48.6 Å². The maximum atomic E-state index is 11.8. The molecule has 2 heteroatoms. The molecule has 0 aromatic heterocycles. The molecular formula is C17H20O2. The van der Waals surface area contributed by atoms with Gasteiger partial charge in [0, 0.05) is 12.0 Å². The van der Waals surface area contributed by atoms with E-state index in [9.17, 15) is 4.79 Å². The van der Waals surface area contributed by atoms with Crippen LogP contribution in [0.3, 0.4) is 0 Å². The Labute approximate surface area is 114 Å². The second-order valence-corrected chi connectivity index (χ2v) is 5.18. The molecule has 0 N–H and O–H groups in total. The van der Waals surface area contributed by atoms with E-state index >= 15 is 0 Å². The lowest BCUT2D eigenvalue weighted by molar-refractivity contribution is -0.151. The summed E-state index contributed by atoms with van der Waals surface area (Å²) in [4.78, 5) is 11.8. The summed E-state index contributed by atoms with van der Waals surface area (Å²) in [5, 5.41) is 0. The van der Waals surface area contributed by atoms with Gasteiger partial charge in [-0.05, 0) is 43.9 Å². The number of allylic oxidation sites excluding steroid dienone is 1. The molecule has 1 aromatic carbocycles. The van der Waals surface area contributed by atoms with Gasteiger partial charge in [0.1, 0.15) is 5.60 Å². The zero-order valence-electron chi connectivity index (χ0n) is 11.6. The van der Waals surface area contributed by atoms with Gasteiger partial charge < -0.3 is 4.74 Å². The molecule has 0 bridgehead atoms. The lowest BCUT2D eigenvalue weighted by Crippen LogP contribution is -2.39. The summed E-state index contributed by atoms with van der Waals surface area (Å²) in [5.41, 5.74) is 2.55. The molecule has 0 fully saturated rings. The number of rotatable bonds is 3. The van der Waals surface area contributed by atoms with Crippen LogP contribution in [-0.4, -0.2) is 11.6 Å². The first-order chi connectivity index (χ1) is 9.06. The molecule has 0 saturated carbocycles. The van der Waals surface area contributed by atoms with Crippen LogP contribution in [0.4, 0.5) is 0 Å². The van der Waals surface area contributed by atoms with Crippen molar-refractivity contribution in [3.05, 3.63) is 59.7 Å². The molecule has 0 heterocycles. The molecule has 2 nitrogen and oxygen atoms in total. The average Bonchev–Trinajstić information content (AvgIpc) is 2.38. The molecule has 1 aliphatic rings. The minimum atomic E-state index is -0.515. The molecule has 0 saturated heterocycles. The van der Waals surface area contributed by atoms with Crippen molar-refractivity contribution >= 4 is 5.97 Å². The lowest BCUT2D eigenvalue weighted by Gasteiger charge is -2.35.